The minimum absolute atomic E-state index is 0.0699. The number of H-pyrrole nitrogens is 1. The number of nitrogens with one attached hydrogen (secondary N) is 1. The van der Waals surface area contributed by atoms with Gasteiger partial charge in [-0.05, 0) is 22.6 Å². The summed E-state index contributed by atoms with van der Waals surface area (Å²) in [5, 5.41) is 9.92. The Kier molecular flexibility index (Phi) is 5.17. The average Bonchev–Trinajstić information content (AvgIpc) is 2.81. The molecule has 0 spiro atoms. The van der Waals surface area contributed by atoms with Crippen LogP contribution in [0.5, 0.6) is 0 Å². The quantitative estimate of drug-likeness (QED) is 0.523. The van der Waals surface area contributed by atoms with Crippen molar-refractivity contribution in [1.82, 2.24) is 9.55 Å². The van der Waals surface area contributed by atoms with Crippen molar-refractivity contribution in [2.45, 2.75) is 38.2 Å². The first-order valence-electron chi connectivity index (χ1n) is 6.42. The number of aliphatic hydroxyl groups is 1. The highest BCUT2D eigenvalue weighted by Gasteiger charge is 2.36. The smallest absolute Gasteiger partial charge is 0.330 e. The number of aliphatic hydroxyl groups excluding tert-OH is 1. The molecule has 3 unspecified atom stereocenters. The van der Waals surface area contributed by atoms with Crippen LogP contribution in [0.25, 0.3) is 0 Å². The Balaban J connectivity index is 2.10. The molecule has 1 aliphatic rings. The Morgan fingerprint density at radius 2 is 2.33 bits per heavy atom. The van der Waals surface area contributed by atoms with Gasteiger partial charge in [0.2, 0.25) is 0 Å². The molecule has 0 radical (unpaired) electrons. The van der Waals surface area contributed by atoms with Gasteiger partial charge in [0.25, 0.3) is 5.56 Å². The maximum absolute atomic E-state index is 11.8. The van der Waals surface area contributed by atoms with Crippen molar-refractivity contribution < 1.29 is 19.4 Å². The van der Waals surface area contributed by atoms with Gasteiger partial charge in [0.1, 0.15) is 18.9 Å². The molecule has 0 saturated carbocycles. The molecule has 0 bridgehead atoms. The number of hydrogen-bond acceptors (Lipinski definition) is 6. The standard InChI is InChI=1S/C12H15IN2O6/c1-2-10(17)20-5-8-7(16)3-9(21-8)15-4-6(13)11(18)14-12(15)19/h4,7-9,16H,2-3,5H2,1H3,(H,14,18,19). The number of nitrogens with zero attached hydrogens (tertiary/aromatic N) is 1. The summed E-state index contributed by atoms with van der Waals surface area (Å²) in [4.78, 5) is 36.4. The summed E-state index contributed by atoms with van der Waals surface area (Å²) in [6, 6.07) is 0. The Morgan fingerprint density at radius 1 is 1.62 bits per heavy atom. The second kappa shape index (κ2) is 6.71. The third kappa shape index (κ3) is 3.71. The zero-order valence-corrected chi connectivity index (χ0v) is 13.4. The molecule has 1 aliphatic heterocycles. The van der Waals surface area contributed by atoms with Crippen molar-refractivity contribution >= 4 is 28.6 Å². The van der Waals surface area contributed by atoms with Gasteiger partial charge < -0.3 is 14.6 Å². The molecule has 8 nitrogen and oxygen atoms in total. The van der Waals surface area contributed by atoms with Crippen LogP contribution in [0.2, 0.25) is 0 Å². The summed E-state index contributed by atoms with van der Waals surface area (Å²) >= 11 is 1.80. The van der Waals surface area contributed by atoms with E-state index in [9.17, 15) is 19.5 Å². The first-order valence-corrected chi connectivity index (χ1v) is 7.50. The minimum Gasteiger partial charge on any atom is -0.463 e. The van der Waals surface area contributed by atoms with E-state index in [0.717, 1.165) is 0 Å². The molecule has 2 heterocycles. The lowest BCUT2D eigenvalue weighted by atomic mass is 10.2. The van der Waals surface area contributed by atoms with Crippen molar-refractivity contribution in [2.24, 2.45) is 0 Å². The predicted octanol–water partition coefficient (Wildman–Crippen LogP) is -0.257. The highest BCUT2D eigenvalue weighted by Crippen LogP contribution is 2.27. The predicted molar refractivity (Wildman–Crippen MR) is 79.8 cm³/mol. The summed E-state index contributed by atoms with van der Waals surface area (Å²) < 4.78 is 12.0. The van der Waals surface area contributed by atoms with Crippen molar-refractivity contribution in [2.75, 3.05) is 6.61 Å². The summed E-state index contributed by atoms with van der Waals surface area (Å²) in [5.41, 5.74) is -1.08. The van der Waals surface area contributed by atoms with Gasteiger partial charge >= 0.3 is 11.7 Å². The molecular formula is C12H15IN2O6. The van der Waals surface area contributed by atoms with E-state index in [1.165, 1.54) is 10.8 Å². The van der Waals surface area contributed by atoms with Gasteiger partial charge in [0, 0.05) is 19.0 Å². The molecule has 9 heteroatoms. The van der Waals surface area contributed by atoms with E-state index >= 15 is 0 Å². The zero-order valence-electron chi connectivity index (χ0n) is 11.2. The monoisotopic (exact) mass is 410 g/mol. The maximum Gasteiger partial charge on any atom is 0.330 e. The lowest BCUT2D eigenvalue weighted by Crippen LogP contribution is -2.33. The third-order valence-electron chi connectivity index (χ3n) is 3.14. The second-order valence-electron chi connectivity index (χ2n) is 4.61. The van der Waals surface area contributed by atoms with E-state index < -0.39 is 29.7 Å². The molecule has 21 heavy (non-hydrogen) atoms. The van der Waals surface area contributed by atoms with Crippen LogP contribution in [-0.4, -0.2) is 39.4 Å². The van der Waals surface area contributed by atoms with Crippen molar-refractivity contribution in [3.05, 3.63) is 30.6 Å². The van der Waals surface area contributed by atoms with Crippen LogP contribution >= 0.6 is 22.6 Å². The van der Waals surface area contributed by atoms with Gasteiger partial charge in [-0.1, -0.05) is 6.92 Å². The summed E-state index contributed by atoms with van der Waals surface area (Å²) in [7, 11) is 0. The summed E-state index contributed by atoms with van der Waals surface area (Å²) in [6.45, 7) is 1.60. The molecule has 1 aromatic heterocycles. The molecule has 2 N–H and O–H groups in total. The number of carbonyl (C=O) groups is 1. The molecule has 0 aromatic carbocycles. The van der Waals surface area contributed by atoms with Crippen molar-refractivity contribution in [1.29, 1.82) is 0 Å². The van der Waals surface area contributed by atoms with Crippen LogP contribution in [0.3, 0.4) is 0 Å². The summed E-state index contributed by atoms with van der Waals surface area (Å²) in [6.07, 6.45) is -0.457. The van der Waals surface area contributed by atoms with Gasteiger partial charge in [0.05, 0.1) is 9.67 Å². The number of rotatable bonds is 4. The SMILES string of the molecule is CCC(=O)OCC1OC(n2cc(I)c(=O)[nH]c2=O)CC1O. The van der Waals surface area contributed by atoms with Gasteiger partial charge in [0.15, 0.2) is 0 Å². The molecule has 116 valence electrons. The van der Waals surface area contributed by atoms with Crippen LogP contribution in [0, 0.1) is 3.57 Å². The Bertz CT molecular complexity index is 639. The molecule has 1 saturated heterocycles. The number of carbonyl (C=O) groups excluding carboxylic acids is 1. The van der Waals surface area contributed by atoms with E-state index in [0.29, 0.717) is 3.57 Å². The molecule has 1 fully saturated rings. The van der Waals surface area contributed by atoms with Gasteiger partial charge in [-0.15, -0.1) is 0 Å². The second-order valence-corrected chi connectivity index (χ2v) is 5.77. The fourth-order valence-corrected chi connectivity index (χ4v) is 2.42. The molecule has 0 aliphatic carbocycles. The largest absolute Gasteiger partial charge is 0.463 e. The van der Waals surface area contributed by atoms with Crippen LogP contribution in [0.4, 0.5) is 0 Å². The summed E-state index contributed by atoms with van der Waals surface area (Å²) in [5.74, 6) is -0.384. The van der Waals surface area contributed by atoms with Gasteiger partial charge in [-0.3, -0.25) is 19.1 Å². The Hall–Kier alpha value is -1.20. The Morgan fingerprint density at radius 3 is 3.00 bits per heavy atom. The number of halogens is 1. The first kappa shape index (κ1) is 16.2. The van der Waals surface area contributed by atoms with Crippen LogP contribution in [0.15, 0.2) is 15.8 Å². The fourth-order valence-electron chi connectivity index (χ4n) is 1.99. The number of ether oxygens (including phenoxy) is 2. The molecule has 0 amide bonds. The molecule has 1 aromatic rings. The lowest BCUT2D eigenvalue weighted by molar-refractivity contribution is -0.149. The van der Waals surface area contributed by atoms with Crippen LogP contribution in [-0.2, 0) is 14.3 Å². The molecule has 3 atom stereocenters. The number of aromatic nitrogens is 2. The van der Waals surface area contributed by atoms with E-state index in [2.05, 4.69) is 4.98 Å². The molecule has 2 rings (SSSR count). The third-order valence-corrected chi connectivity index (χ3v) is 3.90. The van der Waals surface area contributed by atoms with E-state index in [-0.39, 0.29) is 25.4 Å². The maximum atomic E-state index is 11.8. The van der Waals surface area contributed by atoms with Crippen LogP contribution in [0.1, 0.15) is 26.0 Å². The van der Waals surface area contributed by atoms with E-state index in [4.69, 9.17) is 9.47 Å². The van der Waals surface area contributed by atoms with Crippen molar-refractivity contribution in [3.8, 4) is 0 Å². The zero-order chi connectivity index (χ0) is 15.6. The minimum atomic E-state index is -0.851. The molecular weight excluding hydrogens is 395 g/mol. The fraction of sp³-hybridized carbons (Fsp3) is 0.583. The first-order chi connectivity index (χ1) is 9.92. The van der Waals surface area contributed by atoms with Crippen LogP contribution < -0.4 is 11.2 Å². The number of hydrogen-bond donors (Lipinski definition) is 2. The number of aromatic amines is 1. The Labute approximate surface area is 133 Å². The average molecular weight is 410 g/mol. The lowest BCUT2D eigenvalue weighted by Gasteiger charge is -2.16. The highest BCUT2D eigenvalue weighted by molar-refractivity contribution is 14.1. The van der Waals surface area contributed by atoms with Crippen molar-refractivity contribution in [3.63, 3.8) is 0 Å². The highest BCUT2D eigenvalue weighted by atomic mass is 127. The van der Waals surface area contributed by atoms with Gasteiger partial charge in [-0.2, -0.15) is 0 Å². The van der Waals surface area contributed by atoms with E-state index in [1.807, 2.05) is 0 Å². The number of esters is 1. The topological polar surface area (TPSA) is 111 Å². The normalized spacial score (nSPS) is 25.0. The van der Waals surface area contributed by atoms with E-state index in [1.54, 1.807) is 29.5 Å². The van der Waals surface area contributed by atoms with Gasteiger partial charge in [-0.25, -0.2) is 4.79 Å².